The van der Waals surface area contributed by atoms with Gasteiger partial charge in [0.2, 0.25) is 0 Å². The molecule has 2 heterocycles. The molecule has 0 saturated carbocycles. The summed E-state index contributed by atoms with van der Waals surface area (Å²) >= 11 is 0. The quantitative estimate of drug-likeness (QED) is 0.674. The lowest BCUT2D eigenvalue weighted by Crippen LogP contribution is -2.38. The first-order valence-electron chi connectivity index (χ1n) is 10.8. The molecular weight excluding hydrogens is 384 g/mol. The standard InChI is InChI=1S/C26H26N4O/c1-3-7-21(8-4-1)25-28-24(29-26(30-25)22-9-5-2-6-10-22)17-19-11-13-20(14-12-19)23-18-27-15-16-31-23/h1-14,23-24,27H,15-18H2,(H,28,29,30). The smallest absolute Gasteiger partial charge is 0.148 e. The summed E-state index contributed by atoms with van der Waals surface area (Å²) in [6.45, 7) is 2.55. The highest BCUT2D eigenvalue weighted by Crippen LogP contribution is 2.21. The van der Waals surface area contributed by atoms with E-state index < -0.39 is 0 Å². The molecule has 2 N–H and O–H groups in total. The first-order chi connectivity index (χ1) is 15.3. The molecule has 3 aromatic carbocycles. The molecule has 0 spiro atoms. The molecule has 1 unspecified atom stereocenters. The fourth-order valence-corrected chi connectivity index (χ4v) is 3.94. The molecule has 31 heavy (non-hydrogen) atoms. The van der Waals surface area contributed by atoms with E-state index >= 15 is 0 Å². The van der Waals surface area contributed by atoms with E-state index in [0.29, 0.717) is 0 Å². The molecule has 1 saturated heterocycles. The van der Waals surface area contributed by atoms with E-state index in [1.54, 1.807) is 0 Å². The Kier molecular flexibility index (Phi) is 5.87. The van der Waals surface area contributed by atoms with Crippen LogP contribution in [0.5, 0.6) is 0 Å². The molecule has 3 aromatic rings. The van der Waals surface area contributed by atoms with Crippen molar-refractivity contribution in [2.24, 2.45) is 9.98 Å². The van der Waals surface area contributed by atoms with Crippen molar-refractivity contribution >= 4 is 11.7 Å². The van der Waals surface area contributed by atoms with Gasteiger partial charge in [-0.05, 0) is 11.1 Å². The number of morpholine rings is 1. The van der Waals surface area contributed by atoms with Crippen LogP contribution in [-0.4, -0.2) is 37.5 Å². The van der Waals surface area contributed by atoms with Gasteiger partial charge in [0.05, 0.1) is 12.7 Å². The number of nitrogens with one attached hydrogen (secondary N) is 2. The van der Waals surface area contributed by atoms with Crippen molar-refractivity contribution in [3.63, 3.8) is 0 Å². The molecule has 5 heteroatoms. The molecule has 5 rings (SSSR count). The summed E-state index contributed by atoms with van der Waals surface area (Å²) in [7, 11) is 0. The molecule has 0 amide bonds. The molecule has 0 aromatic heterocycles. The first-order valence-corrected chi connectivity index (χ1v) is 10.8. The van der Waals surface area contributed by atoms with Crippen LogP contribution in [0.4, 0.5) is 0 Å². The van der Waals surface area contributed by atoms with Gasteiger partial charge in [0.25, 0.3) is 0 Å². The van der Waals surface area contributed by atoms with Crippen molar-refractivity contribution in [3.05, 3.63) is 107 Å². The van der Waals surface area contributed by atoms with Crippen molar-refractivity contribution in [1.82, 2.24) is 10.6 Å². The highest BCUT2D eigenvalue weighted by Gasteiger charge is 2.20. The predicted molar refractivity (Wildman–Crippen MR) is 125 cm³/mol. The van der Waals surface area contributed by atoms with Crippen LogP contribution in [0, 0.1) is 0 Å². The second-order valence-electron chi connectivity index (χ2n) is 7.80. The normalized spacial score (nSPS) is 19.3. The number of aliphatic imine (C=N–C) groups is 2. The summed E-state index contributed by atoms with van der Waals surface area (Å²) < 4.78 is 5.87. The second kappa shape index (κ2) is 9.25. The van der Waals surface area contributed by atoms with E-state index in [1.165, 1.54) is 11.1 Å². The number of hydrogen-bond donors (Lipinski definition) is 2. The summed E-state index contributed by atoms with van der Waals surface area (Å²) in [5, 5.41) is 6.82. The summed E-state index contributed by atoms with van der Waals surface area (Å²) in [5.41, 5.74) is 4.55. The molecule has 1 atom stereocenters. The first kappa shape index (κ1) is 19.7. The van der Waals surface area contributed by atoms with E-state index in [2.05, 4.69) is 59.2 Å². The summed E-state index contributed by atoms with van der Waals surface area (Å²) in [6, 6.07) is 29.1. The van der Waals surface area contributed by atoms with E-state index in [4.69, 9.17) is 14.7 Å². The van der Waals surface area contributed by atoms with Gasteiger partial charge in [0.1, 0.15) is 17.8 Å². The van der Waals surface area contributed by atoms with Crippen LogP contribution in [0.15, 0.2) is 94.9 Å². The summed E-state index contributed by atoms with van der Waals surface area (Å²) in [6.07, 6.45) is 0.704. The van der Waals surface area contributed by atoms with Gasteiger partial charge in [0.15, 0.2) is 0 Å². The maximum Gasteiger partial charge on any atom is 0.148 e. The van der Waals surface area contributed by atoms with Crippen molar-refractivity contribution in [1.29, 1.82) is 0 Å². The lowest BCUT2D eigenvalue weighted by atomic mass is 10.0. The molecule has 5 nitrogen and oxygen atoms in total. The van der Waals surface area contributed by atoms with E-state index in [0.717, 1.165) is 48.9 Å². The lowest BCUT2D eigenvalue weighted by molar-refractivity contribution is 0.0277. The van der Waals surface area contributed by atoms with Gasteiger partial charge < -0.3 is 15.4 Å². The topological polar surface area (TPSA) is 58.0 Å². The zero-order valence-electron chi connectivity index (χ0n) is 17.4. The van der Waals surface area contributed by atoms with Crippen molar-refractivity contribution in [2.75, 3.05) is 19.7 Å². The van der Waals surface area contributed by atoms with Crippen LogP contribution in [0.2, 0.25) is 0 Å². The van der Waals surface area contributed by atoms with Gasteiger partial charge in [0, 0.05) is 30.6 Å². The van der Waals surface area contributed by atoms with E-state index in [1.807, 2.05) is 36.4 Å². The van der Waals surface area contributed by atoms with Crippen molar-refractivity contribution in [3.8, 4) is 0 Å². The Labute approximate surface area is 182 Å². The third kappa shape index (κ3) is 4.74. The van der Waals surface area contributed by atoms with Gasteiger partial charge in [-0.3, -0.25) is 0 Å². The Morgan fingerprint density at radius 1 is 0.774 bits per heavy atom. The number of rotatable bonds is 5. The third-order valence-corrected chi connectivity index (χ3v) is 5.58. The fourth-order valence-electron chi connectivity index (χ4n) is 3.94. The lowest BCUT2D eigenvalue weighted by Gasteiger charge is -2.24. The Morgan fingerprint density at radius 2 is 1.39 bits per heavy atom. The summed E-state index contributed by atoms with van der Waals surface area (Å²) in [5.74, 6) is 1.72. The van der Waals surface area contributed by atoms with Crippen LogP contribution < -0.4 is 10.6 Å². The number of ether oxygens (including phenoxy) is 1. The third-order valence-electron chi connectivity index (χ3n) is 5.58. The van der Waals surface area contributed by atoms with Crippen LogP contribution in [0.1, 0.15) is 28.4 Å². The number of nitrogens with zero attached hydrogens (tertiary/aromatic N) is 2. The number of benzene rings is 3. The van der Waals surface area contributed by atoms with Gasteiger partial charge in [-0.1, -0.05) is 84.9 Å². The fraction of sp³-hybridized carbons (Fsp3) is 0.231. The Balaban J connectivity index is 1.39. The minimum atomic E-state index is -0.176. The predicted octanol–water partition coefficient (Wildman–Crippen LogP) is 3.71. The maximum atomic E-state index is 5.87. The average Bonchev–Trinajstić information content (AvgIpc) is 2.86. The van der Waals surface area contributed by atoms with Gasteiger partial charge in [-0.15, -0.1) is 0 Å². The Hall–Kier alpha value is -3.28. The zero-order chi connectivity index (χ0) is 20.9. The second-order valence-corrected chi connectivity index (χ2v) is 7.80. The minimum Gasteiger partial charge on any atom is -0.371 e. The van der Waals surface area contributed by atoms with Crippen LogP contribution in [0.25, 0.3) is 0 Å². The molecule has 1 fully saturated rings. The molecule has 2 aliphatic rings. The molecule has 156 valence electrons. The van der Waals surface area contributed by atoms with Gasteiger partial charge in [-0.2, -0.15) is 0 Å². The maximum absolute atomic E-state index is 5.87. The van der Waals surface area contributed by atoms with Crippen LogP contribution in [0.3, 0.4) is 0 Å². The van der Waals surface area contributed by atoms with Crippen LogP contribution in [-0.2, 0) is 11.2 Å². The Morgan fingerprint density at radius 3 is 1.94 bits per heavy atom. The van der Waals surface area contributed by atoms with Crippen molar-refractivity contribution < 1.29 is 4.74 Å². The molecular formula is C26H26N4O. The zero-order valence-corrected chi connectivity index (χ0v) is 17.4. The number of amidine groups is 2. The van der Waals surface area contributed by atoms with E-state index in [-0.39, 0.29) is 12.3 Å². The van der Waals surface area contributed by atoms with E-state index in [9.17, 15) is 0 Å². The molecule has 0 aliphatic carbocycles. The van der Waals surface area contributed by atoms with Gasteiger partial charge >= 0.3 is 0 Å². The van der Waals surface area contributed by atoms with Crippen molar-refractivity contribution in [2.45, 2.75) is 18.7 Å². The monoisotopic (exact) mass is 410 g/mol. The average molecular weight is 411 g/mol. The largest absolute Gasteiger partial charge is 0.371 e. The summed E-state index contributed by atoms with van der Waals surface area (Å²) in [4.78, 5) is 9.84. The van der Waals surface area contributed by atoms with Gasteiger partial charge in [-0.25, -0.2) is 9.98 Å². The highest BCUT2D eigenvalue weighted by atomic mass is 16.5. The molecule has 0 radical (unpaired) electrons. The molecule has 0 bridgehead atoms. The van der Waals surface area contributed by atoms with Crippen LogP contribution >= 0.6 is 0 Å². The minimum absolute atomic E-state index is 0.132. The SMILES string of the molecule is c1ccc(C2=NC(Cc3ccc(C4CNCCO4)cc3)N=C(c3ccccc3)N2)cc1. The Bertz CT molecular complexity index is 1000. The molecule has 2 aliphatic heterocycles. The number of hydrogen-bond acceptors (Lipinski definition) is 5. The highest BCUT2D eigenvalue weighted by molar-refractivity contribution is 6.15.